The van der Waals surface area contributed by atoms with Gasteiger partial charge < -0.3 is 14.7 Å². The molecule has 2 heterocycles. The van der Waals surface area contributed by atoms with Gasteiger partial charge in [-0.2, -0.15) is 0 Å². The van der Waals surface area contributed by atoms with E-state index in [1.54, 1.807) is 6.08 Å². The monoisotopic (exact) mass is 438 g/mol. The summed E-state index contributed by atoms with van der Waals surface area (Å²) < 4.78 is 45.7. The van der Waals surface area contributed by atoms with E-state index in [4.69, 9.17) is 9.84 Å². The quantitative estimate of drug-likeness (QED) is 0.515. The van der Waals surface area contributed by atoms with E-state index in [0.717, 1.165) is 37.8 Å². The fourth-order valence-corrected chi connectivity index (χ4v) is 4.23. The second-order valence-electron chi connectivity index (χ2n) is 8.30. The zero-order chi connectivity index (χ0) is 22.4. The van der Waals surface area contributed by atoms with Crippen LogP contribution in [-0.4, -0.2) is 60.1 Å². The highest BCUT2D eigenvalue weighted by molar-refractivity contribution is 5.79. The van der Waals surface area contributed by atoms with E-state index in [-0.39, 0.29) is 24.3 Å². The number of piperidine rings is 2. The van der Waals surface area contributed by atoms with Crippen LogP contribution in [0, 0.1) is 29.3 Å². The van der Waals surface area contributed by atoms with Gasteiger partial charge >= 0.3 is 0 Å². The summed E-state index contributed by atoms with van der Waals surface area (Å²) in [6, 6.07) is 1.20. The van der Waals surface area contributed by atoms with Crippen LogP contribution in [0.25, 0.3) is 0 Å². The van der Waals surface area contributed by atoms with Gasteiger partial charge in [0.25, 0.3) is 0 Å². The number of aliphatic hydroxyl groups is 1. The standard InChI is InChI=1S/C23H29F3N2O3/c1-16(6-11-29)14-27-7-4-18(5-8-27)23(30)28-9-2-17(3-10-28)15-31-22-20(25)12-19(24)13-21(22)26/h6,11-13,17-18,29H,1-5,7-10,14-15H2/b11-6-. The lowest BCUT2D eigenvalue weighted by Crippen LogP contribution is -2.46. The topological polar surface area (TPSA) is 53.0 Å². The third-order valence-electron chi connectivity index (χ3n) is 6.03. The minimum Gasteiger partial charge on any atom is -0.516 e. The summed E-state index contributed by atoms with van der Waals surface area (Å²) in [4.78, 5) is 17.0. The first-order valence-corrected chi connectivity index (χ1v) is 10.6. The Morgan fingerprint density at radius 2 is 1.71 bits per heavy atom. The molecule has 31 heavy (non-hydrogen) atoms. The van der Waals surface area contributed by atoms with Crippen molar-refractivity contribution in [2.45, 2.75) is 25.7 Å². The number of aliphatic hydroxyl groups excluding tert-OH is 1. The van der Waals surface area contributed by atoms with Crippen molar-refractivity contribution in [2.75, 3.05) is 39.3 Å². The lowest BCUT2D eigenvalue weighted by Gasteiger charge is -2.37. The predicted octanol–water partition coefficient (Wildman–Crippen LogP) is 4.06. The van der Waals surface area contributed by atoms with Crippen molar-refractivity contribution >= 4 is 5.91 Å². The largest absolute Gasteiger partial charge is 0.516 e. The molecule has 2 aliphatic heterocycles. The van der Waals surface area contributed by atoms with Gasteiger partial charge in [-0.15, -0.1) is 0 Å². The Balaban J connectivity index is 1.41. The van der Waals surface area contributed by atoms with Crippen molar-refractivity contribution in [2.24, 2.45) is 11.8 Å². The summed E-state index contributed by atoms with van der Waals surface area (Å²) in [6.07, 6.45) is 5.54. The van der Waals surface area contributed by atoms with Crippen molar-refractivity contribution < 1.29 is 27.8 Å². The van der Waals surface area contributed by atoms with E-state index in [1.807, 2.05) is 4.90 Å². The highest BCUT2D eigenvalue weighted by atomic mass is 19.1. The smallest absolute Gasteiger partial charge is 0.225 e. The normalized spacial score (nSPS) is 19.1. The molecule has 0 aromatic heterocycles. The molecule has 0 unspecified atom stereocenters. The van der Waals surface area contributed by atoms with Crippen LogP contribution in [0.2, 0.25) is 0 Å². The SMILES string of the molecule is C=C(/C=C\O)CN1CCC(C(=O)N2CCC(COc3c(F)cc(F)cc3F)CC2)CC1. The van der Waals surface area contributed by atoms with Crippen LogP contribution in [0.3, 0.4) is 0 Å². The zero-order valence-corrected chi connectivity index (χ0v) is 17.5. The Labute approximate surface area is 180 Å². The maximum atomic E-state index is 13.7. The van der Waals surface area contributed by atoms with Crippen LogP contribution < -0.4 is 4.74 Å². The number of likely N-dealkylation sites (tertiary alicyclic amines) is 2. The Morgan fingerprint density at radius 3 is 2.29 bits per heavy atom. The van der Waals surface area contributed by atoms with Crippen LogP contribution in [-0.2, 0) is 4.79 Å². The van der Waals surface area contributed by atoms with Gasteiger partial charge in [-0.3, -0.25) is 9.69 Å². The Bertz CT molecular complexity index is 791. The fraction of sp³-hybridized carbons (Fsp3) is 0.522. The summed E-state index contributed by atoms with van der Waals surface area (Å²) in [5, 5.41) is 8.80. The van der Waals surface area contributed by atoms with E-state index >= 15 is 0 Å². The molecule has 170 valence electrons. The van der Waals surface area contributed by atoms with Crippen molar-refractivity contribution in [3.63, 3.8) is 0 Å². The van der Waals surface area contributed by atoms with Crippen molar-refractivity contribution in [3.8, 4) is 5.75 Å². The van der Waals surface area contributed by atoms with E-state index < -0.39 is 23.2 Å². The molecule has 1 N–H and O–H groups in total. The number of carbonyl (C=O) groups is 1. The number of amides is 1. The molecule has 2 fully saturated rings. The number of carbonyl (C=O) groups excluding carboxylic acids is 1. The molecule has 0 radical (unpaired) electrons. The first-order chi connectivity index (χ1) is 14.9. The van der Waals surface area contributed by atoms with Crippen molar-refractivity contribution in [1.29, 1.82) is 0 Å². The van der Waals surface area contributed by atoms with Crippen LogP contribution in [0.4, 0.5) is 13.2 Å². The molecule has 1 aromatic rings. The molecule has 5 nitrogen and oxygen atoms in total. The molecule has 2 aliphatic rings. The molecule has 0 bridgehead atoms. The van der Waals surface area contributed by atoms with Crippen LogP contribution in [0.5, 0.6) is 5.75 Å². The van der Waals surface area contributed by atoms with Crippen molar-refractivity contribution in [1.82, 2.24) is 9.80 Å². The molecule has 0 aliphatic carbocycles. The molecule has 2 saturated heterocycles. The summed E-state index contributed by atoms with van der Waals surface area (Å²) in [5.74, 6) is -3.37. The Morgan fingerprint density at radius 1 is 1.10 bits per heavy atom. The van der Waals surface area contributed by atoms with E-state index in [1.165, 1.54) is 0 Å². The minimum atomic E-state index is -1.05. The molecule has 0 atom stereocenters. The van der Waals surface area contributed by atoms with E-state index in [0.29, 0.717) is 44.6 Å². The summed E-state index contributed by atoms with van der Waals surface area (Å²) in [5.41, 5.74) is 0.831. The Hall–Kier alpha value is -2.48. The number of hydrogen-bond acceptors (Lipinski definition) is 4. The van der Waals surface area contributed by atoms with E-state index in [2.05, 4.69) is 11.5 Å². The Kier molecular flexibility index (Phi) is 8.01. The fourth-order valence-electron chi connectivity index (χ4n) is 4.23. The van der Waals surface area contributed by atoms with Gasteiger partial charge in [-0.25, -0.2) is 13.2 Å². The lowest BCUT2D eigenvalue weighted by molar-refractivity contribution is -0.138. The maximum absolute atomic E-state index is 13.7. The van der Waals surface area contributed by atoms with Crippen LogP contribution >= 0.6 is 0 Å². The molecule has 0 saturated carbocycles. The second kappa shape index (κ2) is 10.7. The molecule has 3 rings (SSSR count). The van der Waals surface area contributed by atoms with Crippen LogP contribution in [0.1, 0.15) is 25.7 Å². The maximum Gasteiger partial charge on any atom is 0.225 e. The van der Waals surface area contributed by atoms with Gasteiger partial charge in [0, 0.05) is 37.7 Å². The molecule has 1 amide bonds. The van der Waals surface area contributed by atoms with Gasteiger partial charge in [-0.1, -0.05) is 6.58 Å². The predicted molar refractivity (Wildman–Crippen MR) is 111 cm³/mol. The minimum absolute atomic E-state index is 0.00751. The number of nitrogens with zero attached hydrogens (tertiary/aromatic N) is 2. The van der Waals surface area contributed by atoms with Crippen LogP contribution in [0.15, 0.2) is 36.6 Å². The summed E-state index contributed by atoms with van der Waals surface area (Å²) in [7, 11) is 0. The lowest BCUT2D eigenvalue weighted by atomic mass is 9.92. The van der Waals surface area contributed by atoms with Gasteiger partial charge in [0.2, 0.25) is 5.91 Å². The first kappa shape index (κ1) is 23.2. The number of rotatable bonds is 7. The summed E-state index contributed by atoms with van der Waals surface area (Å²) in [6.45, 7) is 7.52. The van der Waals surface area contributed by atoms with Crippen molar-refractivity contribution in [3.05, 3.63) is 54.1 Å². The summed E-state index contributed by atoms with van der Waals surface area (Å²) >= 11 is 0. The molecular weight excluding hydrogens is 409 g/mol. The zero-order valence-electron chi connectivity index (χ0n) is 17.5. The van der Waals surface area contributed by atoms with Gasteiger partial charge in [0.15, 0.2) is 17.4 Å². The van der Waals surface area contributed by atoms with E-state index in [9.17, 15) is 18.0 Å². The molecule has 1 aromatic carbocycles. The third-order valence-corrected chi connectivity index (χ3v) is 6.03. The number of benzene rings is 1. The molecule has 8 heteroatoms. The number of halogens is 3. The number of ether oxygens (including phenoxy) is 1. The third kappa shape index (κ3) is 6.26. The van der Waals surface area contributed by atoms with Gasteiger partial charge in [-0.05, 0) is 56.3 Å². The average Bonchev–Trinajstić information content (AvgIpc) is 2.73. The highest BCUT2D eigenvalue weighted by Gasteiger charge is 2.31. The molecule has 0 spiro atoms. The van der Waals surface area contributed by atoms with Gasteiger partial charge in [0.05, 0.1) is 12.9 Å². The van der Waals surface area contributed by atoms with Gasteiger partial charge in [0.1, 0.15) is 5.82 Å². The average molecular weight is 438 g/mol. The second-order valence-corrected chi connectivity index (χ2v) is 8.30. The first-order valence-electron chi connectivity index (χ1n) is 10.6. The molecular formula is C23H29F3N2O3. The number of hydrogen-bond donors (Lipinski definition) is 1. The highest BCUT2D eigenvalue weighted by Crippen LogP contribution is 2.27.